The standard InChI is InChI=1S/C25H28F2/c1-3-17-5-6-19-14-20(8-7-18(19)13-17)21-9-11-23(25(27)15-21)22-10-4-16(2)12-24(22)26/h3-4,9-12,15,17-20H,1,5-8,13-14H2,2H3. The zero-order chi connectivity index (χ0) is 19.0. The monoisotopic (exact) mass is 366 g/mol. The van der Waals surface area contributed by atoms with E-state index in [2.05, 4.69) is 12.7 Å². The predicted octanol–water partition coefficient (Wildman–Crippen LogP) is 7.43. The molecule has 0 aliphatic heterocycles. The number of allylic oxidation sites excluding steroid dienone is 1. The van der Waals surface area contributed by atoms with Crippen LogP contribution in [0.1, 0.15) is 55.6 Å². The molecule has 0 bridgehead atoms. The molecule has 2 fully saturated rings. The van der Waals surface area contributed by atoms with Crippen molar-refractivity contribution in [3.05, 3.63) is 71.8 Å². The quantitative estimate of drug-likeness (QED) is 0.496. The van der Waals surface area contributed by atoms with Crippen LogP contribution in [-0.4, -0.2) is 0 Å². The van der Waals surface area contributed by atoms with Gasteiger partial charge in [-0.1, -0.05) is 30.3 Å². The Morgan fingerprint density at radius 2 is 1.52 bits per heavy atom. The summed E-state index contributed by atoms with van der Waals surface area (Å²) in [7, 11) is 0. The fourth-order valence-corrected chi connectivity index (χ4v) is 5.28. The van der Waals surface area contributed by atoms with Gasteiger partial charge in [-0.25, -0.2) is 8.78 Å². The maximum absolute atomic E-state index is 14.8. The molecule has 0 heterocycles. The lowest BCUT2D eigenvalue weighted by atomic mass is 9.64. The highest BCUT2D eigenvalue weighted by Gasteiger charge is 2.35. The largest absolute Gasteiger partial charge is 0.206 e. The summed E-state index contributed by atoms with van der Waals surface area (Å²) in [6.07, 6.45) is 9.44. The fourth-order valence-electron chi connectivity index (χ4n) is 5.28. The van der Waals surface area contributed by atoms with E-state index in [1.807, 2.05) is 19.1 Å². The maximum Gasteiger partial charge on any atom is 0.131 e. The molecular formula is C25H28F2. The summed E-state index contributed by atoms with van der Waals surface area (Å²) in [5.41, 5.74) is 2.62. The van der Waals surface area contributed by atoms with Crippen LogP contribution in [0.25, 0.3) is 11.1 Å². The molecule has 27 heavy (non-hydrogen) atoms. The summed E-state index contributed by atoms with van der Waals surface area (Å²) >= 11 is 0. The molecule has 0 aromatic heterocycles. The average Bonchev–Trinajstić information content (AvgIpc) is 2.67. The third-order valence-corrected chi connectivity index (χ3v) is 6.87. The minimum absolute atomic E-state index is 0.312. The molecule has 142 valence electrons. The van der Waals surface area contributed by atoms with Crippen LogP contribution in [0.2, 0.25) is 0 Å². The van der Waals surface area contributed by atoms with Crippen molar-refractivity contribution in [2.45, 2.75) is 51.4 Å². The molecule has 2 aromatic rings. The van der Waals surface area contributed by atoms with Crippen LogP contribution in [0.3, 0.4) is 0 Å². The van der Waals surface area contributed by atoms with E-state index >= 15 is 0 Å². The summed E-state index contributed by atoms with van der Waals surface area (Å²) in [5.74, 6) is 2.01. The molecule has 2 heteroatoms. The molecule has 0 amide bonds. The molecule has 0 saturated heterocycles. The first-order chi connectivity index (χ1) is 13.0. The third-order valence-electron chi connectivity index (χ3n) is 6.87. The van der Waals surface area contributed by atoms with Crippen molar-refractivity contribution in [2.24, 2.45) is 17.8 Å². The number of hydrogen-bond donors (Lipinski definition) is 0. The Morgan fingerprint density at radius 1 is 0.852 bits per heavy atom. The van der Waals surface area contributed by atoms with Gasteiger partial charge < -0.3 is 0 Å². The van der Waals surface area contributed by atoms with Crippen LogP contribution >= 0.6 is 0 Å². The van der Waals surface area contributed by atoms with E-state index in [1.165, 1.54) is 31.7 Å². The van der Waals surface area contributed by atoms with Crippen molar-refractivity contribution in [3.8, 4) is 11.1 Å². The summed E-state index contributed by atoms with van der Waals surface area (Å²) in [5, 5.41) is 0. The van der Waals surface area contributed by atoms with Gasteiger partial charge in [-0.15, -0.1) is 6.58 Å². The highest BCUT2D eigenvalue weighted by atomic mass is 19.1. The first-order valence-corrected chi connectivity index (χ1v) is 10.2. The zero-order valence-corrected chi connectivity index (χ0v) is 16.1. The normalized spacial score (nSPS) is 27.8. The van der Waals surface area contributed by atoms with Gasteiger partial charge in [-0.05, 0) is 92.4 Å². The van der Waals surface area contributed by atoms with Crippen LogP contribution in [0, 0.1) is 36.3 Å². The van der Waals surface area contributed by atoms with Gasteiger partial charge in [0.1, 0.15) is 11.6 Å². The number of aryl methyl sites for hydroxylation is 1. The van der Waals surface area contributed by atoms with E-state index in [-0.39, 0.29) is 11.6 Å². The molecule has 2 aliphatic rings. The van der Waals surface area contributed by atoms with Crippen molar-refractivity contribution in [1.82, 2.24) is 0 Å². The summed E-state index contributed by atoms with van der Waals surface area (Å²) < 4.78 is 29.1. The van der Waals surface area contributed by atoms with Crippen molar-refractivity contribution >= 4 is 0 Å². The van der Waals surface area contributed by atoms with Gasteiger partial charge in [0.2, 0.25) is 0 Å². The Kier molecular flexibility index (Phi) is 5.16. The van der Waals surface area contributed by atoms with Crippen LogP contribution in [0.15, 0.2) is 49.1 Å². The number of halogens is 2. The van der Waals surface area contributed by atoms with Crippen molar-refractivity contribution in [1.29, 1.82) is 0 Å². The van der Waals surface area contributed by atoms with Gasteiger partial charge in [0.25, 0.3) is 0 Å². The second kappa shape index (κ2) is 7.58. The van der Waals surface area contributed by atoms with Gasteiger partial charge in [0.15, 0.2) is 0 Å². The smallest absolute Gasteiger partial charge is 0.131 e. The Labute approximate surface area is 161 Å². The number of hydrogen-bond acceptors (Lipinski definition) is 0. The molecule has 2 saturated carbocycles. The topological polar surface area (TPSA) is 0 Å². The lowest BCUT2D eigenvalue weighted by Crippen LogP contribution is -2.30. The highest BCUT2D eigenvalue weighted by molar-refractivity contribution is 5.65. The van der Waals surface area contributed by atoms with Crippen LogP contribution in [0.5, 0.6) is 0 Å². The summed E-state index contributed by atoms with van der Waals surface area (Å²) in [6.45, 7) is 5.81. The van der Waals surface area contributed by atoms with Crippen LogP contribution < -0.4 is 0 Å². The van der Waals surface area contributed by atoms with E-state index in [4.69, 9.17) is 0 Å². The second-order valence-electron chi connectivity index (χ2n) is 8.56. The fraction of sp³-hybridized carbons (Fsp3) is 0.440. The lowest BCUT2D eigenvalue weighted by Gasteiger charge is -2.41. The minimum atomic E-state index is -0.360. The molecule has 0 spiro atoms. The van der Waals surface area contributed by atoms with Gasteiger partial charge in [0.05, 0.1) is 0 Å². The Morgan fingerprint density at radius 3 is 2.22 bits per heavy atom. The molecular weight excluding hydrogens is 338 g/mol. The third kappa shape index (κ3) is 3.72. The number of benzene rings is 2. The number of fused-ring (bicyclic) bond motifs is 1. The zero-order valence-electron chi connectivity index (χ0n) is 16.1. The maximum atomic E-state index is 14.8. The van der Waals surface area contributed by atoms with Gasteiger partial charge >= 0.3 is 0 Å². The van der Waals surface area contributed by atoms with Gasteiger partial charge in [-0.2, -0.15) is 0 Å². The molecule has 4 atom stereocenters. The van der Waals surface area contributed by atoms with E-state index in [0.29, 0.717) is 23.0 Å². The van der Waals surface area contributed by atoms with Crippen molar-refractivity contribution in [3.63, 3.8) is 0 Å². The summed E-state index contributed by atoms with van der Waals surface area (Å²) in [4.78, 5) is 0. The molecule has 0 nitrogen and oxygen atoms in total. The first kappa shape index (κ1) is 18.4. The molecule has 4 unspecified atom stereocenters. The van der Waals surface area contributed by atoms with Crippen molar-refractivity contribution in [2.75, 3.05) is 0 Å². The average molecular weight is 366 g/mol. The van der Waals surface area contributed by atoms with E-state index < -0.39 is 0 Å². The van der Waals surface area contributed by atoms with Gasteiger partial charge in [0, 0.05) is 11.1 Å². The molecule has 2 aliphatic carbocycles. The highest BCUT2D eigenvalue weighted by Crippen LogP contribution is 2.48. The molecule has 4 rings (SSSR count). The first-order valence-electron chi connectivity index (χ1n) is 10.2. The van der Waals surface area contributed by atoms with Gasteiger partial charge in [-0.3, -0.25) is 0 Å². The minimum Gasteiger partial charge on any atom is -0.206 e. The number of rotatable bonds is 3. The van der Waals surface area contributed by atoms with Crippen LogP contribution in [-0.2, 0) is 0 Å². The molecule has 0 N–H and O–H groups in total. The van der Waals surface area contributed by atoms with E-state index in [1.54, 1.807) is 18.2 Å². The van der Waals surface area contributed by atoms with Crippen molar-refractivity contribution < 1.29 is 8.78 Å². The van der Waals surface area contributed by atoms with E-state index in [0.717, 1.165) is 35.8 Å². The van der Waals surface area contributed by atoms with Crippen LogP contribution in [0.4, 0.5) is 8.78 Å². The lowest BCUT2D eigenvalue weighted by molar-refractivity contribution is 0.133. The van der Waals surface area contributed by atoms with E-state index in [9.17, 15) is 8.78 Å². The Bertz CT molecular complexity index is 838. The Balaban J connectivity index is 1.52. The SMILES string of the molecule is C=CC1CCC2CC(c3ccc(-c4ccc(C)cc4F)c(F)c3)CCC2C1. The Hall–Kier alpha value is -1.96. The molecule has 2 aromatic carbocycles. The predicted molar refractivity (Wildman–Crippen MR) is 108 cm³/mol. The summed E-state index contributed by atoms with van der Waals surface area (Å²) in [6, 6.07) is 10.4. The molecule has 0 radical (unpaired) electrons. The second-order valence-corrected chi connectivity index (χ2v) is 8.56.